The predicted molar refractivity (Wildman–Crippen MR) is 76.1 cm³/mol. The summed E-state index contributed by atoms with van der Waals surface area (Å²) in [5, 5.41) is 0. The summed E-state index contributed by atoms with van der Waals surface area (Å²) in [7, 11) is 0. The zero-order valence-electron chi connectivity index (χ0n) is 12.5. The van der Waals surface area contributed by atoms with Gasteiger partial charge in [-0.3, -0.25) is 0 Å². The molecule has 0 aliphatic carbocycles. The lowest BCUT2D eigenvalue weighted by atomic mass is 9.92. The van der Waals surface area contributed by atoms with E-state index in [0.29, 0.717) is 5.92 Å². The molecule has 0 aromatic rings. The Bertz CT molecular complexity index is 152. The summed E-state index contributed by atoms with van der Waals surface area (Å²) in [6.07, 6.45) is 9.77. The minimum absolute atomic E-state index is 0.561. The van der Waals surface area contributed by atoms with E-state index in [9.17, 15) is 4.39 Å². The monoisotopic (exact) mass is 244 g/mol. The van der Waals surface area contributed by atoms with Crippen molar-refractivity contribution in [2.24, 2.45) is 11.8 Å². The first kappa shape index (κ1) is 16.9. The summed E-state index contributed by atoms with van der Waals surface area (Å²) in [5.41, 5.74) is 0. The van der Waals surface area contributed by atoms with Gasteiger partial charge < -0.3 is 0 Å². The fourth-order valence-electron chi connectivity index (χ4n) is 2.61. The molecule has 0 rings (SSSR count). The average Bonchev–Trinajstić information content (AvgIpc) is 2.29. The molecule has 0 N–H and O–H groups in total. The van der Waals surface area contributed by atoms with Crippen LogP contribution in [0.3, 0.4) is 0 Å². The van der Waals surface area contributed by atoms with Crippen LogP contribution >= 0.6 is 0 Å². The maximum Gasteiger partial charge on any atom is 0.100 e. The minimum atomic E-state index is -0.561. The molecule has 1 heteroatoms. The van der Waals surface area contributed by atoms with Crippen molar-refractivity contribution in [1.29, 1.82) is 0 Å². The number of halogens is 1. The highest BCUT2D eigenvalue weighted by molar-refractivity contribution is 4.63. The second-order valence-electron chi connectivity index (χ2n) is 5.69. The maximum atomic E-state index is 13.4. The van der Waals surface area contributed by atoms with E-state index >= 15 is 0 Å². The molecule has 0 saturated carbocycles. The van der Waals surface area contributed by atoms with Crippen LogP contribution in [0.5, 0.6) is 0 Å². The van der Waals surface area contributed by atoms with E-state index < -0.39 is 6.17 Å². The van der Waals surface area contributed by atoms with Gasteiger partial charge in [0, 0.05) is 0 Å². The third kappa shape index (κ3) is 9.62. The van der Waals surface area contributed by atoms with E-state index in [1.165, 1.54) is 38.5 Å². The SMILES string of the molecule is CCCC(F)CC(C)CCCCC(CC)CC. The van der Waals surface area contributed by atoms with Gasteiger partial charge in [-0.2, -0.15) is 0 Å². The van der Waals surface area contributed by atoms with Gasteiger partial charge in [-0.25, -0.2) is 4.39 Å². The van der Waals surface area contributed by atoms with Crippen LogP contribution in [-0.2, 0) is 0 Å². The molecule has 0 aromatic heterocycles. The minimum Gasteiger partial charge on any atom is -0.247 e. The van der Waals surface area contributed by atoms with Crippen LogP contribution in [0.1, 0.15) is 85.5 Å². The molecule has 2 unspecified atom stereocenters. The van der Waals surface area contributed by atoms with Gasteiger partial charge in [-0.15, -0.1) is 0 Å². The molecule has 0 aliphatic heterocycles. The molecule has 0 aliphatic rings. The van der Waals surface area contributed by atoms with Gasteiger partial charge >= 0.3 is 0 Å². The third-order valence-corrected chi connectivity index (χ3v) is 3.97. The zero-order chi connectivity index (χ0) is 13.1. The normalized spacial score (nSPS) is 15.2. The summed E-state index contributed by atoms with van der Waals surface area (Å²) < 4.78 is 13.4. The highest BCUT2D eigenvalue weighted by Crippen LogP contribution is 2.21. The lowest BCUT2D eigenvalue weighted by Gasteiger charge is -2.15. The largest absolute Gasteiger partial charge is 0.247 e. The average molecular weight is 244 g/mol. The topological polar surface area (TPSA) is 0 Å². The van der Waals surface area contributed by atoms with Gasteiger partial charge in [-0.1, -0.05) is 72.6 Å². The lowest BCUT2D eigenvalue weighted by Crippen LogP contribution is -2.07. The van der Waals surface area contributed by atoms with E-state index in [2.05, 4.69) is 27.7 Å². The standard InChI is InChI=1S/C16H33F/c1-5-10-16(17)13-14(4)11-8-9-12-15(6-2)7-3/h14-16H,5-13H2,1-4H3. The summed E-state index contributed by atoms with van der Waals surface area (Å²) in [5.74, 6) is 1.48. The fraction of sp³-hybridized carbons (Fsp3) is 1.00. The van der Waals surface area contributed by atoms with E-state index in [1.807, 2.05) is 0 Å². The third-order valence-electron chi connectivity index (χ3n) is 3.97. The van der Waals surface area contributed by atoms with Crippen LogP contribution in [0.15, 0.2) is 0 Å². The first-order chi connectivity index (χ1) is 8.13. The van der Waals surface area contributed by atoms with Crippen LogP contribution in [0.2, 0.25) is 0 Å². The Kier molecular flexibility index (Phi) is 11.0. The smallest absolute Gasteiger partial charge is 0.100 e. The molecule has 0 radical (unpaired) electrons. The van der Waals surface area contributed by atoms with Gasteiger partial charge in [0.1, 0.15) is 6.17 Å². The van der Waals surface area contributed by atoms with Gasteiger partial charge in [0.2, 0.25) is 0 Å². The summed E-state index contributed by atoms with van der Waals surface area (Å²) in [4.78, 5) is 0. The second kappa shape index (κ2) is 11.0. The number of alkyl halides is 1. The lowest BCUT2D eigenvalue weighted by molar-refractivity contribution is 0.250. The first-order valence-electron chi connectivity index (χ1n) is 7.77. The van der Waals surface area contributed by atoms with E-state index in [4.69, 9.17) is 0 Å². The van der Waals surface area contributed by atoms with E-state index in [-0.39, 0.29) is 0 Å². The van der Waals surface area contributed by atoms with Crippen molar-refractivity contribution in [2.75, 3.05) is 0 Å². The maximum absolute atomic E-state index is 13.4. The zero-order valence-corrected chi connectivity index (χ0v) is 12.5. The molecule has 104 valence electrons. The van der Waals surface area contributed by atoms with Gasteiger partial charge in [0.05, 0.1) is 0 Å². The van der Waals surface area contributed by atoms with Crippen LogP contribution in [0, 0.1) is 11.8 Å². The van der Waals surface area contributed by atoms with Gasteiger partial charge in [0.15, 0.2) is 0 Å². The van der Waals surface area contributed by atoms with Crippen molar-refractivity contribution < 1.29 is 4.39 Å². The van der Waals surface area contributed by atoms with Crippen molar-refractivity contribution in [2.45, 2.75) is 91.7 Å². The number of hydrogen-bond acceptors (Lipinski definition) is 0. The molecular formula is C16H33F. The second-order valence-corrected chi connectivity index (χ2v) is 5.69. The molecule has 0 heterocycles. The molecular weight excluding hydrogens is 211 g/mol. The van der Waals surface area contributed by atoms with Crippen LogP contribution in [-0.4, -0.2) is 6.17 Å². The van der Waals surface area contributed by atoms with Crippen LogP contribution < -0.4 is 0 Å². The Balaban J connectivity index is 3.47. The summed E-state index contributed by atoms with van der Waals surface area (Å²) in [6.45, 7) is 8.84. The van der Waals surface area contributed by atoms with Crippen molar-refractivity contribution in [1.82, 2.24) is 0 Å². The highest BCUT2D eigenvalue weighted by Gasteiger charge is 2.11. The van der Waals surface area contributed by atoms with Crippen molar-refractivity contribution >= 4 is 0 Å². The summed E-state index contributed by atoms with van der Waals surface area (Å²) >= 11 is 0. The van der Waals surface area contributed by atoms with E-state index in [1.54, 1.807) is 0 Å². The Hall–Kier alpha value is -0.0700. The molecule has 0 nitrogen and oxygen atoms in total. The number of hydrogen-bond donors (Lipinski definition) is 0. The quantitative estimate of drug-likeness (QED) is 0.382. The Morgan fingerprint density at radius 1 is 0.882 bits per heavy atom. The number of unbranched alkanes of at least 4 members (excludes halogenated alkanes) is 1. The number of rotatable bonds is 11. The van der Waals surface area contributed by atoms with Crippen molar-refractivity contribution in [3.8, 4) is 0 Å². The molecule has 17 heavy (non-hydrogen) atoms. The molecule has 0 aromatic carbocycles. The van der Waals surface area contributed by atoms with Crippen molar-refractivity contribution in [3.05, 3.63) is 0 Å². The predicted octanol–water partition coefficient (Wildman–Crippen LogP) is 6.15. The Morgan fingerprint density at radius 3 is 2.00 bits per heavy atom. The fourth-order valence-corrected chi connectivity index (χ4v) is 2.61. The highest BCUT2D eigenvalue weighted by atomic mass is 19.1. The van der Waals surface area contributed by atoms with Crippen LogP contribution in [0.25, 0.3) is 0 Å². The Labute approximate surface area is 108 Å². The molecule has 2 atom stereocenters. The van der Waals surface area contributed by atoms with Crippen LogP contribution in [0.4, 0.5) is 4.39 Å². The van der Waals surface area contributed by atoms with Gasteiger partial charge in [-0.05, 0) is 24.7 Å². The van der Waals surface area contributed by atoms with Crippen molar-refractivity contribution in [3.63, 3.8) is 0 Å². The molecule has 0 bridgehead atoms. The molecule has 0 saturated heterocycles. The molecule has 0 fully saturated rings. The first-order valence-corrected chi connectivity index (χ1v) is 7.77. The Morgan fingerprint density at radius 2 is 1.47 bits per heavy atom. The summed E-state index contributed by atoms with van der Waals surface area (Å²) in [6, 6.07) is 0. The molecule has 0 spiro atoms. The molecule has 0 amide bonds. The van der Waals surface area contributed by atoms with Gasteiger partial charge in [0.25, 0.3) is 0 Å². The van der Waals surface area contributed by atoms with E-state index in [0.717, 1.165) is 25.2 Å².